The van der Waals surface area contributed by atoms with Gasteiger partial charge in [0.15, 0.2) is 0 Å². The second-order valence-electron chi connectivity index (χ2n) is 4.38. The molecule has 0 nitrogen and oxygen atoms in total. The van der Waals surface area contributed by atoms with Crippen LogP contribution in [0.1, 0.15) is 22.3 Å². The van der Waals surface area contributed by atoms with Crippen molar-refractivity contribution in [1.82, 2.24) is 0 Å². The Morgan fingerprint density at radius 2 is 1.11 bits per heavy atom. The molecule has 2 rings (SSSR count). The molecule has 0 spiro atoms. The smallest absolute Gasteiger partial charge is 0.130 e. The fourth-order valence-electron chi connectivity index (χ4n) is 1.71. The summed E-state index contributed by atoms with van der Waals surface area (Å²) < 4.78 is 27.1. The third kappa shape index (κ3) is 2.83. The molecular weight excluding hydrogens is 230 g/mol. The summed E-state index contributed by atoms with van der Waals surface area (Å²) in [6.45, 7) is 3.66. The topological polar surface area (TPSA) is 0 Å². The highest BCUT2D eigenvalue weighted by Crippen LogP contribution is 2.16. The number of hydrogen-bond donors (Lipinski definition) is 0. The zero-order valence-corrected chi connectivity index (χ0v) is 10.4. The molecule has 0 bridgehead atoms. The van der Waals surface area contributed by atoms with Gasteiger partial charge < -0.3 is 0 Å². The largest absolute Gasteiger partial charge is 0.206 e. The Morgan fingerprint density at radius 3 is 1.44 bits per heavy atom. The van der Waals surface area contributed by atoms with Crippen molar-refractivity contribution in [2.24, 2.45) is 0 Å². The van der Waals surface area contributed by atoms with Gasteiger partial charge in [0.1, 0.15) is 11.6 Å². The predicted molar refractivity (Wildman–Crippen MR) is 71.2 cm³/mol. The van der Waals surface area contributed by atoms with E-state index in [1.54, 1.807) is 24.3 Å². The number of benzene rings is 2. The molecule has 92 valence electrons. The van der Waals surface area contributed by atoms with E-state index in [1.165, 1.54) is 12.1 Å². The van der Waals surface area contributed by atoms with Gasteiger partial charge in [-0.05, 0) is 37.1 Å². The van der Waals surface area contributed by atoms with Crippen LogP contribution in [0.3, 0.4) is 0 Å². The molecule has 0 atom stereocenters. The summed E-state index contributed by atoms with van der Waals surface area (Å²) in [5.74, 6) is -0.586. The summed E-state index contributed by atoms with van der Waals surface area (Å²) in [4.78, 5) is 0. The molecule has 0 heterocycles. The summed E-state index contributed by atoms with van der Waals surface area (Å²) in [6.07, 6.45) is 3.17. The third-order valence-corrected chi connectivity index (χ3v) is 2.75. The van der Waals surface area contributed by atoms with Crippen molar-refractivity contribution < 1.29 is 8.78 Å². The normalized spacial score (nSPS) is 11.1. The summed E-state index contributed by atoms with van der Waals surface area (Å²) in [5.41, 5.74) is 2.65. The van der Waals surface area contributed by atoms with E-state index in [9.17, 15) is 8.78 Å². The monoisotopic (exact) mass is 244 g/mol. The van der Waals surface area contributed by atoms with E-state index in [1.807, 2.05) is 26.0 Å². The fraction of sp³-hybridized carbons (Fsp3) is 0.125. The van der Waals surface area contributed by atoms with Crippen LogP contribution >= 0.6 is 0 Å². The lowest BCUT2D eigenvalue weighted by atomic mass is 10.1. The molecule has 2 heteroatoms. The molecule has 0 aliphatic carbocycles. The van der Waals surface area contributed by atoms with Gasteiger partial charge in [-0.25, -0.2) is 8.78 Å². The van der Waals surface area contributed by atoms with Gasteiger partial charge >= 0.3 is 0 Å². The van der Waals surface area contributed by atoms with E-state index in [4.69, 9.17) is 0 Å². The Morgan fingerprint density at radius 1 is 0.722 bits per heavy atom. The highest BCUT2D eigenvalue weighted by atomic mass is 19.1. The molecule has 0 aliphatic heterocycles. The van der Waals surface area contributed by atoms with E-state index >= 15 is 0 Å². The van der Waals surface area contributed by atoms with Gasteiger partial charge in [0.25, 0.3) is 0 Å². The zero-order chi connectivity index (χ0) is 13.1. The Balaban J connectivity index is 2.30. The SMILES string of the molecule is Cc1ccc(C=Cc2ccc(C)cc2F)c(F)c1. The van der Waals surface area contributed by atoms with Crippen LogP contribution in [0.25, 0.3) is 12.2 Å². The van der Waals surface area contributed by atoms with Gasteiger partial charge in [-0.3, -0.25) is 0 Å². The molecule has 18 heavy (non-hydrogen) atoms. The number of aryl methyl sites for hydroxylation is 2. The molecule has 0 fully saturated rings. The van der Waals surface area contributed by atoms with Crippen molar-refractivity contribution in [1.29, 1.82) is 0 Å². The molecule has 0 N–H and O–H groups in total. The first-order valence-corrected chi connectivity index (χ1v) is 5.76. The minimum absolute atomic E-state index is 0.293. The van der Waals surface area contributed by atoms with Gasteiger partial charge in [0.05, 0.1) is 0 Å². The van der Waals surface area contributed by atoms with Crippen molar-refractivity contribution in [3.63, 3.8) is 0 Å². The highest BCUT2D eigenvalue weighted by Gasteiger charge is 2.00. The Hall–Kier alpha value is -1.96. The van der Waals surface area contributed by atoms with Gasteiger partial charge in [-0.1, -0.05) is 36.4 Å². The van der Waals surface area contributed by atoms with Crippen molar-refractivity contribution in [3.05, 3.63) is 70.3 Å². The van der Waals surface area contributed by atoms with Crippen LogP contribution in [-0.2, 0) is 0 Å². The maximum Gasteiger partial charge on any atom is 0.130 e. The van der Waals surface area contributed by atoms with Crippen LogP contribution in [0.2, 0.25) is 0 Å². The van der Waals surface area contributed by atoms with Crippen LogP contribution in [0.15, 0.2) is 36.4 Å². The zero-order valence-electron chi connectivity index (χ0n) is 10.4. The van der Waals surface area contributed by atoms with E-state index < -0.39 is 0 Å². The first-order chi connectivity index (χ1) is 8.56. The van der Waals surface area contributed by atoms with Crippen LogP contribution in [0, 0.1) is 25.5 Å². The lowest BCUT2D eigenvalue weighted by molar-refractivity contribution is 0.622. The molecule has 0 radical (unpaired) electrons. The summed E-state index contributed by atoms with van der Waals surface area (Å²) in [6, 6.07) is 9.96. The van der Waals surface area contributed by atoms with Gasteiger partial charge in [-0.2, -0.15) is 0 Å². The van der Waals surface area contributed by atoms with Crippen LogP contribution in [0.5, 0.6) is 0 Å². The lowest BCUT2D eigenvalue weighted by Crippen LogP contribution is -1.85. The molecule has 0 saturated heterocycles. The second kappa shape index (κ2) is 5.13. The van der Waals surface area contributed by atoms with Crippen LogP contribution < -0.4 is 0 Å². The van der Waals surface area contributed by atoms with Crippen molar-refractivity contribution in [2.45, 2.75) is 13.8 Å². The minimum atomic E-state index is -0.293. The summed E-state index contributed by atoms with van der Waals surface area (Å²) in [5, 5.41) is 0. The van der Waals surface area contributed by atoms with E-state index in [-0.39, 0.29) is 11.6 Å². The van der Waals surface area contributed by atoms with Gasteiger partial charge in [0.2, 0.25) is 0 Å². The number of rotatable bonds is 2. The molecule has 0 aromatic heterocycles. The summed E-state index contributed by atoms with van der Waals surface area (Å²) in [7, 11) is 0. The molecule has 2 aromatic carbocycles. The molecule has 0 unspecified atom stereocenters. The highest BCUT2D eigenvalue weighted by molar-refractivity contribution is 5.70. The average molecular weight is 244 g/mol. The standard InChI is InChI=1S/C16H14F2/c1-11-3-5-13(15(17)9-11)7-8-14-6-4-12(2)10-16(14)18/h3-10H,1-2H3. The maximum atomic E-state index is 13.6. The Bertz CT molecular complexity index is 545. The molecule has 0 saturated carbocycles. The molecule has 2 aromatic rings. The molecule has 0 aliphatic rings. The number of halogens is 2. The Labute approximate surface area is 106 Å². The average Bonchev–Trinajstić information content (AvgIpc) is 2.30. The molecule has 0 amide bonds. The van der Waals surface area contributed by atoms with E-state index in [0.29, 0.717) is 11.1 Å². The van der Waals surface area contributed by atoms with Crippen LogP contribution in [0.4, 0.5) is 8.78 Å². The maximum absolute atomic E-state index is 13.6. The van der Waals surface area contributed by atoms with Crippen molar-refractivity contribution in [3.8, 4) is 0 Å². The van der Waals surface area contributed by atoms with Gasteiger partial charge in [-0.15, -0.1) is 0 Å². The quantitative estimate of drug-likeness (QED) is 0.668. The fourth-order valence-corrected chi connectivity index (χ4v) is 1.71. The van der Waals surface area contributed by atoms with E-state index in [2.05, 4.69) is 0 Å². The molecular formula is C16H14F2. The minimum Gasteiger partial charge on any atom is -0.206 e. The first kappa shape index (κ1) is 12.5. The van der Waals surface area contributed by atoms with Crippen molar-refractivity contribution >= 4 is 12.2 Å². The van der Waals surface area contributed by atoms with Crippen LogP contribution in [-0.4, -0.2) is 0 Å². The van der Waals surface area contributed by atoms with Crippen molar-refractivity contribution in [2.75, 3.05) is 0 Å². The Kier molecular flexibility index (Phi) is 3.56. The third-order valence-electron chi connectivity index (χ3n) is 2.75. The second-order valence-corrected chi connectivity index (χ2v) is 4.38. The van der Waals surface area contributed by atoms with Gasteiger partial charge in [0, 0.05) is 11.1 Å². The first-order valence-electron chi connectivity index (χ1n) is 5.76. The number of hydrogen-bond acceptors (Lipinski definition) is 0. The summed E-state index contributed by atoms with van der Waals surface area (Å²) >= 11 is 0. The predicted octanol–water partition coefficient (Wildman–Crippen LogP) is 4.75. The lowest BCUT2D eigenvalue weighted by Gasteiger charge is -2.00. The van der Waals surface area contributed by atoms with E-state index in [0.717, 1.165) is 11.1 Å².